The highest BCUT2D eigenvalue weighted by Crippen LogP contribution is 2.49. The van der Waals surface area contributed by atoms with Crippen LogP contribution in [-0.2, 0) is 43.1 Å². The minimum Gasteiger partial charge on any atom is -0.494 e. The van der Waals surface area contributed by atoms with E-state index in [-0.39, 0.29) is 25.8 Å². The summed E-state index contributed by atoms with van der Waals surface area (Å²) in [5.74, 6) is -2.37. The molecule has 0 aromatic heterocycles. The van der Waals surface area contributed by atoms with Crippen molar-refractivity contribution in [1.82, 2.24) is 20.3 Å². The van der Waals surface area contributed by atoms with Crippen molar-refractivity contribution in [3.05, 3.63) is 52.3 Å². The second-order valence-electron chi connectivity index (χ2n) is 17.4. The number of benzene rings is 1. The van der Waals surface area contributed by atoms with E-state index in [1.165, 1.54) is 0 Å². The zero-order valence-electron chi connectivity index (χ0n) is 35.2. The minimum absolute atomic E-state index is 0.0951. The van der Waals surface area contributed by atoms with Crippen LogP contribution < -0.4 is 15.4 Å². The Morgan fingerprint density at radius 2 is 1.75 bits per heavy atom. The van der Waals surface area contributed by atoms with Gasteiger partial charge in [0.1, 0.15) is 35.2 Å². The molecule has 14 nitrogen and oxygen atoms in total. The number of ether oxygens (including phenoxy) is 3. The number of carbonyl (C=O) groups excluding carboxylic acids is 4. The Morgan fingerprint density at radius 3 is 2.27 bits per heavy atom. The molecule has 0 bridgehead atoms. The van der Waals surface area contributed by atoms with Crippen molar-refractivity contribution in [2.45, 2.75) is 148 Å². The first-order valence-electron chi connectivity index (χ1n) is 20.2. The van der Waals surface area contributed by atoms with Crippen LogP contribution in [0.15, 0.2) is 36.1 Å². The van der Waals surface area contributed by atoms with Gasteiger partial charge < -0.3 is 29.7 Å². The van der Waals surface area contributed by atoms with Gasteiger partial charge in [-0.15, -0.1) is 0 Å². The smallest absolute Gasteiger partial charge is 0.428 e. The lowest BCUT2D eigenvalue weighted by Crippen LogP contribution is -2.61. The average Bonchev–Trinajstić information content (AvgIpc) is 3.99. The highest BCUT2D eigenvalue weighted by atomic mass is 35.5. The van der Waals surface area contributed by atoms with Gasteiger partial charge in [0.15, 0.2) is 0 Å². The lowest BCUT2D eigenvalue weighted by atomic mass is 9.79. The third kappa shape index (κ3) is 10.3. The molecule has 3 aliphatic carbocycles. The van der Waals surface area contributed by atoms with Gasteiger partial charge in [0, 0.05) is 23.1 Å². The maximum Gasteiger partial charge on any atom is 0.428 e. The Hall–Kier alpha value is -4.03. The fraction of sp³-hybridized carbons (Fsp3) is 0.659. The second-order valence-corrected chi connectivity index (χ2v) is 19.1. The molecule has 3 N–H and O–H groups in total. The third-order valence-electron chi connectivity index (χ3n) is 11.7. The Bertz CT molecular complexity index is 2010. The van der Waals surface area contributed by atoms with Crippen molar-refractivity contribution in [2.24, 2.45) is 11.3 Å². The largest absolute Gasteiger partial charge is 0.494 e. The number of amides is 4. The number of alkyl halides is 3. The van der Waals surface area contributed by atoms with E-state index in [9.17, 15) is 40.8 Å². The molecule has 1 aromatic carbocycles. The molecule has 5 rings (SSSR count). The maximum absolute atomic E-state index is 14.7. The second kappa shape index (κ2) is 17.4. The van der Waals surface area contributed by atoms with Crippen molar-refractivity contribution in [3.63, 3.8) is 0 Å². The van der Waals surface area contributed by atoms with Crippen molar-refractivity contribution in [2.75, 3.05) is 13.2 Å². The first kappa shape index (κ1) is 47.0. The van der Waals surface area contributed by atoms with Gasteiger partial charge in [0.25, 0.3) is 5.91 Å². The Kier molecular flexibility index (Phi) is 13.6. The zero-order valence-corrected chi connectivity index (χ0v) is 36.8. The third-order valence-corrected chi connectivity index (χ3v) is 13.2. The number of halogens is 4. The Labute approximate surface area is 354 Å². The molecule has 0 radical (unpaired) electrons. The number of likely N-dealkylation sites (tertiary alicyclic amines) is 1. The van der Waals surface area contributed by atoms with Crippen molar-refractivity contribution in [3.8, 4) is 0 Å². The lowest BCUT2D eigenvalue weighted by Gasteiger charge is -2.42. The fourth-order valence-corrected chi connectivity index (χ4v) is 8.87. The number of nitrogens with one attached hydrogen (secondary N) is 3. The Balaban J connectivity index is 1.48. The van der Waals surface area contributed by atoms with Crippen LogP contribution in [0.3, 0.4) is 0 Å². The fourth-order valence-electron chi connectivity index (χ4n) is 7.55. The standard InChI is InChI=1S/C41H56ClF3N4O10S/c1-9-25-22-40(25,35(52)48-60(54,55)59-38(8)18-19-38)47-33(50)30-20-27(57-31(21-26(10-2)56-11-3)28-14-12-15-29(42)24(28)4)23-49(30)34(51)32(37(5,6)7)46-36(53)58-39(16-13-17-39)41(43,44)45/h10,12,14-15,21,25,27,30,32H,9,11,13,16-20,22-23H2,1-8H3,(H,46,53)(H,47,50)(H,48,52)/b26-10?,31-21+/t25-,27-,30+,32-,40-/m1/s1. The zero-order chi connectivity index (χ0) is 44.6. The van der Waals surface area contributed by atoms with Gasteiger partial charge in [-0.1, -0.05) is 57.8 Å². The van der Waals surface area contributed by atoms with Crippen molar-refractivity contribution >= 4 is 51.5 Å². The van der Waals surface area contributed by atoms with Crippen LogP contribution in [0.1, 0.15) is 111 Å². The molecule has 1 heterocycles. The van der Waals surface area contributed by atoms with E-state index in [1.807, 2.05) is 11.6 Å². The molecule has 19 heteroatoms. The summed E-state index contributed by atoms with van der Waals surface area (Å²) in [4.78, 5) is 57.3. The molecule has 3 saturated carbocycles. The van der Waals surface area contributed by atoms with Gasteiger partial charge in [-0.2, -0.15) is 21.6 Å². The summed E-state index contributed by atoms with van der Waals surface area (Å²) >= 11 is 6.50. The molecule has 334 valence electrons. The van der Waals surface area contributed by atoms with E-state index in [1.54, 1.807) is 78.8 Å². The number of rotatable bonds is 16. The van der Waals surface area contributed by atoms with Gasteiger partial charge in [-0.3, -0.25) is 14.4 Å². The Morgan fingerprint density at radius 1 is 1.08 bits per heavy atom. The first-order valence-corrected chi connectivity index (χ1v) is 22.0. The van der Waals surface area contributed by atoms with Crippen LogP contribution in [0.25, 0.3) is 5.76 Å². The van der Waals surface area contributed by atoms with E-state index in [0.717, 1.165) is 4.90 Å². The van der Waals surface area contributed by atoms with E-state index in [0.29, 0.717) is 53.5 Å². The van der Waals surface area contributed by atoms with Crippen LogP contribution in [0.4, 0.5) is 18.0 Å². The van der Waals surface area contributed by atoms with Crippen molar-refractivity contribution in [1.29, 1.82) is 0 Å². The van der Waals surface area contributed by atoms with Crippen LogP contribution in [-0.4, -0.2) is 91.4 Å². The SMILES string of the molecule is CC=C(/C=C(/O[C@@H]1C[C@@H](C(=O)N[C@]2(C(=O)NS(=O)(=O)OC3(C)CC3)C[C@H]2CC)N(C(=O)[C@@H](NC(=O)OC2(C(F)(F)F)CCC2)C(C)(C)C)C1)c1cccc(Cl)c1C)OCC. The molecule has 1 aromatic rings. The van der Waals surface area contributed by atoms with Gasteiger partial charge in [-0.25, -0.2) is 13.7 Å². The van der Waals surface area contributed by atoms with Crippen LogP contribution in [0, 0.1) is 18.3 Å². The van der Waals surface area contributed by atoms with E-state index in [4.69, 9.17) is 30.0 Å². The predicted octanol–water partition coefficient (Wildman–Crippen LogP) is 6.76. The number of allylic oxidation sites excluding steroid dienone is 2. The number of hydrogen-bond acceptors (Lipinski definition) is 10. The van der Waals surface area contributed by atoms with Gasteiger partial charge in [-0.05, 0) is 95.3 Å². The molecule has 0 unspecified atom stereocenters. The summed E-state index contributed by atoms with van der Waals surface area (Å²) in [5, 5.41) is 5.54. The number of carbonyl (C=O) groups is 4. The van der Waals surface area contributed by atoms with E-state index >= 15 is 0 Å². The number of nitrogens with zero attached hydrogens (tertiary/aromatic N) is 1. The lowest BCUT2D eigenvalue weighted by molar-refractivity contribution is -0.284. The quantitative estimate of drug-likeness (QED) is 0.119. The van der Waals surface area contributed by atoms with Gasteiger partial charge >= 0.3 is 22.6 Å². The number of alkyl carbamates (subject to hydrolysis) is 1. The summed E-state index contributed by atoms with van der Waals surface area (Å²) in [5.41, 5.74) is -5.16. The van der Waals surface area contributed by atoms with E-state index in [2.05, 4.69) is 10.6 Å². The molecule has 5 atom stereocenters. The molecule has 60 heavy (non-hydrogen) atoms. The molecular formula is C41H56ClF3N4O10S. The summed E-state index contributed by atoms with van der Waals surface area (Å²) in [6.07, 6.45) is -3.18. The summed E-state index contributed by atoms with van der Waals surface area (Å²) in [7, 11) is -4.55. The molecule has 1 saturated heterocycles. The molecule has 0 spiro atoms. The summed E-state index contributed by atoms with van der Waals surface area (Å²) < 4.78 is 92.1. The van der Waals surface area contributed by atoms with Crippen LogP contribution in [0.5, 0.6) is 0 Å². The summed E-state index contributed by atoms with van der Waals surface area (Å²) in [6.45, 7) is 13.6. The molecule has 4 aliphatic rings. The van der Waals surface area contributed by atoms with Crippen molar-refractivity contribution < 1.29 is 59.2 Å². The topological polar surface area (TPSA) is 179 Å². The molecule has 4 amide bonds. The van der Waals surface area contributed by atoms with Crippen LogP contribution >= 0.6 is 11.6 Å². The monoisotopic (exact) mass is 888 g/mol. The normalized spacial score (nSPS) is 25.3. The summed E-state index contributed by atoms with van der Waals surface area (Å²) in [6, 6.07) is 2.34. The predicted molar refractivity (Wildman–Crippen MR) is 215 cm³/mol. The molecule has 4 fully saturated rings. The first-order chi connectivity index (χ1) is 27.8. The minimum atomic E-state index is -4.84. The highest BCUT2D eigenvalue weighted by Gasteiger charge is 2.63. The van der Waals surface area contributed by atoms with Gasteiger partial charge in [0.2, 0.25) is 17.4 Å². The highest BCUT2D eigenvalue weighted by molar-refractivity contribution is 7.85. The van der Waals surface area contributed by atoms with Crippen LogP contribution in [0.2, 0.25) is 5.02 Å². The maximum atomic E-state index is 14.7. The number of hydrogen-bond donors (Lipinski definition) is 3. The molecular weight excluding hydrogens is 833 g/mol. The molecule has 1 aliphatic heterocycles. The van der Waals surface area contributed by atoms with E-state index < -0.39 is 99.4 Å². The van der Waals surface area contributed by atoms with Gasteiger partial charge in [0.05, 0.1) is 18.8 Å². The average molecular weight is 889 g/mol.